The minimum absolute atomic E-state index is 0.0815. The van der Waals surface area contributed by atoms with Crippen LogP contribution in [0.1, 0.15) is 51.6 Å². The molecule has 112 valence electrons. The molecule has 1 saturated heterocycles. The third kappa shape index (κ3) is 2.75. The van der Waals surface area contributed by atoms with Crippen LogP contribution in [0.5, 0.6) is 0 Å². The van der Waals surface area contributed by atoms with E-state index in [1.165, 1.54) is 0 Å². The fourth-order valence-corrected chi connectivity index (χ4v) is 4.88. The van der Waals surface area contributed by atoms with Crippen molar-refractivity contribution in [3.8, 4) is 0 Å². The van der Waals surface area contributed by atoms with Crippen molar-refractivity contribution in [3.05, 3.63) is 29.8 Å². The van der Waals surface area contributed by atoms with Crippen molar-refractivity contribution in [1.29, 1.82) is 0 Å². The van der Waals surface area contributed by atoms with Crippen LogP contribution in [-0.4, -0.2) is 24.8 Å². The van der Waals surface area contributed by atoms with Crippen molar-refractivity contribution >= 4 is 10.0 Å². The van der Waals surface area contributed by atoms with Gasteiger partial charge in [-0.3, -0.25) is 0 Å². The van der Waals surface area contributed by atoms with E-state index in [1.54, 1.807) is 28.6 Å². The van der Waals surface area contributed by atoms with Gasteiger partial charge < -0.3 is 5.73 Å². The van der Waals surface area contributed by atoms with Gasteiger partial charge in [-0.15, -0.1) is 0 Å². The molecule has 1 aromatic rings. The predicted octanol–water partition coefficient (Wildman–Crippen LogP) is 2.66. The van der Waals surface area contributed by atoms with Crippen LogP contribution in [0.25, 0.3) is 0 Å². The molecule has 0 radical (unpaired) electrons. The maximum absolute atomic E-state index is 12.8. The van der Waals surface area contributed by atoms with Gasteiger partial charge in [0.2, 0.25) is 10.0 Å². The van der Waals surface area contributed by atoms with Gasteiger partial charge in [-0.1, -0.05) is 19.1 Å². The van der Waals surface area contributed by atoms with E-state index in [-0.39, 0.29) is 18.1 Å². The van der Waals surface area contributed by atoms with Gasteiger partial charge in [0, 0.05) is 18.1 Å². The smallest absolute Gasteiger partial charge is 0.243 e. The molecule has 4 nitrogen and oxygen atoms in total. The molecular weight excluding hydrogens is 272 g/mol. The fourth-order valence-electron chi connectivity index (χ4n) is 2.93. The lowest BCUT2D eigenvalue weighted by molar-refractivity contribution is 0.328. The topological polar surface area (TPSA) is 63.4 Å². The van der Waals surface area contributed by atoms with Crippen LogP contribution in [0.2, 0.25) is 0 Å². The highest BCUT2D eigenvalue weighted by Gasteiger charge is 2.38. The van der Waals surface area contributed by atoms with E-state index >= 15 is 0 Å². The maximum Gasteiger partial charge on any atom is 0.243 e. The Morgan fingerprint density at radius 2 is 1.90 bits per heavy atom. The number of hydrogen-bond acceptors (Lipinski definition) is 3. The number of hydrogen-bond donors (Lipinski definition) is 1. The Labute approximate surface area is 122 Å². The summed E-state index contributed by atoms with van der Waals surface area (Å²) in [6, 6.07) is 7.08. The highest BCUT2D eigenvalue weighted by molar-refractivity contribution is 7.89. The molecule has 0 aromatic heterocycles. The summed E-state index contributed by atoms with van der Waals surface area (Å²) in [4.78, 5) is 0.370. The van der Waals surface area contributed by atoms with E-state index in [4.69, 9.17) is 5.73 Å². The standard InChI is InChI=1S/C15H24N2O2S/c1-4-14-8-5-11(2)17(14)20(18,19)15-9-6-13(7-10-15)12(3)16/h6-7,9-12,14H,4-5,8,16H2,1-3H3. The van der Waals surface area contributed by atoms with E-state index in [2.05, 4.69) is 0 Å². The molecule has 0 saturated carbocycles. The molecule has 0 aliphatic carbocycles. The first-order valence-electron chi connectivity index (χ1n) is 7.27. The van der Waals surface area contributed by atoms with Gasteiger partial charge in [-0.05, 0) is 50.8 Å². The Kier molecular flexibility index (Phi) is 4.52. The summed E-state index contributed by atoms with van der Waals surface area (Å²) in [6.07, 6.45) is 2.76. The zero-order chi connectivity index (χ0) is 14.9. The first-order valence-corrected chi connectivity index (χ1v) is 8.71. The van der Waals surface area contributed by atoms with E-state index in [0.29, 0.717) is 4.90 Å². The lowest BCUT2D eigenvalue weighted by Gasteiger charge is -2.27. The summed E-state index contributed by atoms with van der Waals surface area (Å²) in [5.74, 6) is 0. The average molecular weight is 296 g/mol. The van der Waals surface area contributed by atoms with Crippen LogP contribution in [0.4, 0.5) is 0 Å². The molecule has 1 heterocycles. The molecule has 20 heavy (non-hydrogen) atoms. The van der Waals surface area contributed by atoms with Crippen molar-refractivity contribution in [1.82, 2.24) is 4.31 Å². The van der Waals surface area contributed by atoms with Gasteiger partial charge in [0.05, 0.1) is 4.90 Å². The minimum Gasteiger partial charge on any atom is -0.324 e. The van der Waals surface area contributed by atoms with Gasteiger partial charge in [0.1, 0.15) is 0 Å². The third-order valence-electron chi connectivity index (χ3n) is 4.16. The van der Waals surface area contributed by atoms with E-state index in [9.17, 15) is 8.42 Å². The second-order valence-electron chi connectivity index (χ2n) is 5.68. The zero-order valence-corrected chi connectivity index (χ0v) is 13.2. The largest absolute Gasteiger partial charge is 0.324 e. The number of nitrogens with zero attached hydrogens (tertiary/aromatic N) is 1. The van der Waals surface area contributed by atoms with E-state index in [1.807, 2.05) is 20.8 Å². The lowest BCUT2D eigenvalue weighted by atomic mass is 10.1. The number of benzene rings is 1. The molecule has 0 amide bonds. The molecule has 3 atom stereocenters. The molecule has 3 unspecified atom stereocenters. The second kappa shape index (κ2) is 5.84. The van der Waals surface area contributed by atoms with Crippen LogP contribution < -0.4 is 5.73 Å². The summed E-state index contributed by atoms with van der Waals surface area (Å²) >= 11 is 0. The lowest BCUT2D eigenvalue weighted by Crippen LogP contribution is -2.39. The summed E-state index contributed by atoms with van der Waals surface area (Å²) in [5.41, 5.74) is 6.75. The van der Waals surface area contributed by atoms with Crippen molar-refractivity contribution in [2.24, 2.45) is 5.73 Å². The van der Waals surface area contributed by atoms with E-state index < -0.39 is 10.0 Å². The van der Waals surface area contributed by atoms with Crippen LogP contribution >= 0.6 is 0 Å². The summed E-state index contributed by atoms with van der Waals surface area (Å²) in [7, 11) is -3.40. The van der Waals surface area contributed by atoms with Gasteiger partial charge in [0.25, 0.3) is 0 Å². The van der Waals surface area contributed by atoms with Crippen LogP contribution in [0.15, 0.2) is 29.2 Å². The fraction of sp³-hybridized carbons (Fsp3) is 0.600. The monoisotopic (exact) mass is 296 g/mol. The van der Waals surface area contributed by atoms with Crippen LogP contribution in [-0.2, 0) is 10.0 Å². The quantitative estimate of drug-likeness (QED) is 0.929. The van der Waals surface area contributed by atoms with Crippen molar-refractivity contribution < 1.29 is 8.42 Å². The molecule has 2 N–H and O–H groups in total. The predicted molar refractivity (Wildman–Crippen MR) is 80.8 cm³/mol. The molecule has 0 bridgehead atoms. The summed E-state index contributed by atoms with van der Waals surface area (Å²) in [6.45, 7) is 5.92. The Morgan fingerprint density at radius 1 is 1.30 bits per heavy atom. The molecule has 1 aromatic carbocycles. The Bertz CT molecular complexity index is 552. The number of rotatable bonds is 4. The average Bonchev–Trinajstić information content (AvgIpc) is 2.80. The normalized spacial score (nSPS) is 25.8. The number of sulfonamides is 1. The Morgan fingerprint density at radius 3 is 2.40 bits per heavy atom. The molecule has 1 aliphatic rings. The van der Waals surface area contributed by atoms with Gasteiger partial charge in [-0.2, -0.15) is 4.31 Å². The second-order valence-corrected chi connectivity index (χ2v) is 7.52. The van der Waals surface area contributed by atoms with Gasteiger partial charge >= 0.3 is 0 Å². The summed E-state index contributed by atoms with van der Waals surface area (Å²) < 4.78 is 27.3. The van der Waals surface area contributed by atoms with Crippen molar-refractivity contribution in [3.63, 3.8) is 0 Å². The third-order valence-corrected chi connectivity index (χ3v) is 6.25. The van der Waals surface area contributed by atoms with Crippen LogP contribution in [0.3, 0.4) is 0 Å². The highest BCUT2D eigenvalue weighted by Crippen LogP contribution is 2.32. The first-order chi connectivity index (χ1) is 9.37. The number of nitrogens with two attached hydrogens (primary N) is 1. The highest BCUT2D eigenvalue weighted by atomic mass is 32.2. The van der Waals surface area contributed by atoms with Crippen molar-refractivity contribution in [2.75, 3.05) is 0 Å². The molecule has 1 aliphatic heterocycles. The van der Waals surface area contributed by atoms with Crippen molar-refractivity contribution in [2.45, 2.75) is 63.1 Å². The van der Waals surface area contributed by atoms with Gasteiger partial charge in [-0.25, -0.2) is 8.42 Å². The molecule has 2 rings (SSSR count). The van der Waals surface area contributed by atoms with Gasteiger partial charge in [0.15, 0.2) is 0 Å². The molecular formula is C15H24N2O2S. The Balaban J connectivity index is 2.34. The molecule has 1 fully saturated rings. The zero-order valence-electron chi connectivity index (χ0n) is 12.4. The summed E-state index contributed by atoms with van der Waals surface area (Å²) in [5, 5.41) is 0. The van der Waals surface area contributed by atoms with E-state index in [0.717, 1.165) is 24.8 Å². The Hall–Kier alpha value is -0.910. The SMILES string of the molecule is CCC1CCC(C)N1S(=O)(=O)c1ccc(C(C)N)cc1. The maximum atomic E-state index is 12.8. The first kappa shape index (κ1) is 15.5. The van der Waals surface area contributed by atoms with Crippen LogP contribution in [0, 0.1) is 0 Å². The molecule has 5 heteroatoms. The minimum atomic E-state index is -3.40. The molecule has 0 spiro atoms.